The molecule has 0 aliphatic carbocycles. The van der Waals surface area contributed by atoms with Gasteiger partial charge in [-0.3, -0.25) is 9.59 Å². The number of carbonyl (C=O) groups excluding carboxylic acids is 1. The fraction of sp³-hybridized carbons (Fsp3) is 0.211. The summed E-state index contributed by atoms with van der Waals surface area (Å²) in [5.41, 5.74) is -1.02. The van der Waals surface area contributed by atoms with Crippen LogP contribution in [0.25, 0.3) is 5.69 Å². The van der Waals surface area contributed by atoms with Crippen LogP contribution >= 0.6 is 0 Å². The highest BCUT2D eigenvalue weighted by molar-refractivity contribution is 5.75. The van der Waals surface area contributed by atoms with Crippen LogP contribution in [0.2, 0.25) is 0 Å². The number of aromatic nitrogens is 3. The van der Waals surface area contributed by atoms with Gasteiger partial charge in [-0.05, 0) is 30.7 Å². The number of imidazole rings is 1. The first-order valence-electron chi connectivity index (χ1n) is 8.48. The van der Waals surface area contributed by atoms with Crippen molar-refractivity contribution in [3.8, 4) is 5.69 Å². The maximum atomic E-state index is 14.4. The van der Waals surface area contributed by atoms with Crippen LogP contribution < -0.4 is 10.9 Å². The molecule has 1 amide bonds. The molecule has 2 aromatic heterocycles. The highest BCUT2D eigenvalue weighted by Gasteiger charge is 2.31. The Morgan fingerprint density at radius 3 is 2.59 bits per heavy atom. The number of halogens is 4. The Morgan fingerprint density at radius 1 is 1.21 bits per heavy atom. The maximum Gasteiger partial charge on any atom is 0.417 e. The number of pyridine rings is 1. The van der Waals surface area contributed by atoms with Crippen molar-refractivity contribution in [1.82, 2.24) is 19.4 Å². The van der Waals surface area contributed by atoms with Crippen molar-refractivity contribution in [3.05, 3.63) is 82.0 Å². The molecule has 0 bridgehead atoms. The number of alkyl halides is 3. The quantitative estimate of drug-likeness (QED) is 0.661. The van der Waals surface area contributed by atoms with Gasteiger partial charge in [-0.2, -0.15) is 13.2 Å². The number of amides is 1. The van der Waals surface area contributed by atoms with Gasteiger partial charge in [0.2, 0.25) is 5.91 Å². The van der Waals surface area contributed by atoms with Crippen molar-refractivity contribution in [2.75, 3.05) is 0 Å². The van der Waals surface area contributed by atoms with Crippen molar-refractivity contribution in [1.29, 1.82) is 0 Å². The summed E-state index contributed by atoms with van der Waals surface area (Å²) in [5.74, 6) is -0.593. The number of benzene rings is 1. The smallest absolute Gasteiger partial charge is 0.350 e. The fourth-order valence-corrected chi connectivity index (χ4v) is 2.72. The summed E-state index contributed by atoms with van der Waals surface area (Å²) in [7, 11) is 0. The van der Waals surface area contributed by atoms with Crippen LogP contribution in [-0.2, 0) is 24.1 Å². The van der Waals surface area contributed by atoms with Crippen molar-refractivity contribution >= 4 is 5.91 Å². The summed E-state index contributed by atoms with van der Waals surface area (Å²) in [6, 6.07) is 5.79. The monoisotopic (exact) mass is 408 g/mol. The molecule has 2 heterocycles. The van der Waals surface area contributed by atoms with Crippen LogP contribution in [-0.4, -0.2) is 20.0 Å². The molecular weight excluding hydrogens is 392 g/mol. The Balaban J connectivity index is 1.67. The summed E-state index contributed by atoms with van der Waals surface area (Å²) in [4.78, 5) is 27.7. The third-order valence-corrected chi connectivity index (χ3v) is 4.21. The molecule has 0 spiro atoms. The van der Waals surface area contributed by atoms with E-state index < -0.39 is 35.6 Å². The van der Waals surface area contributed by atoms with Crippen LogP contribution in [0.4, 0.5) is 17.6 Å². The predicted molar refractivity (Wildman–Crippen MR) is 95.8 cm³/mol. The van der Waals surface area contributed by atoms with Crippen molar-refractivity contribution in [3.63, 3.8) is 0 Å². The molecule has 0 atom stereocenters. The third kappa shape index (κ3) is 4.71. The number of aryl methyl sites for hydroxylation is 1. The molecular formula is C19H16F4N4O2. The van der Waals surface area contributed by atoms with E-state index in [-0.39, 0.29) is 6.54 Å². The Morgan fingerprint density at radius 2 is 1.97 bits per heavy atom. The molecule has 10 heteroatoms. The van der Waals surface area contributed by atoms with E-state index in [9.17, 15) is 27.2 Å². The molecule has 3 rings (SSSR count). The lowest BCUT2D eigenvalue weighted by Gasteiger charge is -2.12. The lowest BCUT2D eigenvalue weighted by atomic mass is 10.2. The normalized spacial score (nSPS) is 11.5. The number of hydrogen-bond acceptors (Lipinski definition) is 3. The lowest BCUT2D eigenvalue weighted by Crippen LogP contribution is -2.32. The lowest BCUT2D eigenvalue weighted by molar-refractivity contribution is -0.138. The van der Waals surface area contributed by atoms with E-state index in [0.29, 0.717) is 33.9 Å². The molecule has 6 nitrogen and oxygen atoms in total. The minimum Gasteiger partial charge on any atom is -0.350 e. The maximum absolute atomic E-state index is 14.4. The second kappa shape index (κ2) is 7.90. The Kier molecular flexibility index (Phi) is 5.53. The van der Waals surface area contributed by atoms with Gasteiger partial charge in [0, 0.05) is 31.2 Å². The number of rotatable bonds is 5. The minimum atomic E-state index is -4.63. The molecule has 0 saturated heterocycles. The minimum absolute atomic E-state index is 0.0490. The molecule has 0 radical (unpaired) electrons. The van der Waals surface area contributed by atoms with Gasteiger partial charge < -0.3 is 14.5 Å². The first kappa shape index (κ1) is 20.3. The number of nitrogens with one attached hydrogen (secondary N) is 1. The van der Waals surface area contributed by atoms with Gasteiger partial charge in [0.05, 0.1) is 11.3 Å². The third-order valence-electron chi connectivity index (χ3n) is 4.21. The molecule has 0 unspecified atom stereocenters. The summed E-state index contributed by atoms with van der Waals surface area (Å²) >= 11 is 0. The van der Waals surface area contributed by atoms with Gasteiger partial charge >= 0.3 is 6.18 Å². The molecule has 1 aromatic carbocycles. The molecule has 29 heavy (non-hydrogen) atoms. The van der Waals surface area contributed by atoms with E-state index >= 15 is 0 Å². The van der Waals surface area contributed by atoms with Gasteiger partial charge in [-0.1, -0.05) is 6.07 Å². The first-order valence-corrected chi connectivity index (χ1v) is 8.48. The zero-order valence-corrected chi connectivity index (χ0v) is 15.2. The van der Waals surface area contributed by atoms with Crippen LogP contribution in [0.1, 0.15) is 17.0 Å². The molecule has 0 saturated carbocycles. The number of hydrogen-bond donors (Lipinski definition) is 1. The molecule has 1 N–H and O–H groups in total. The molecule has 0 aliphatic heterocycles. The topological polar surface area (TPSA) is 68.9 Å². The van der Waals surface area contributed by atoms with Gasteiger partial charge in [-0.15, -0.1) is 0 Å². The van der Waals surface area contributed by atoms with E-state index in [1.807, 2.05) is 0 Å². The molecule has 152 valence electrons. The highest BCUT2D eigenvalue weighted by Crippen LogP contribution is 2.28. The number of nitrogens with zero attached hydrogens (tertiary/aromatic N) is 3. The fourth-order valence-electron chi connectivity index (χ4n) is 2.72. The Labute approximate surface area is 162 Å². The summed E-state index contributed by atoms with van der Waals surface area (Å²) in [6.45, 7) is 1.09. The summed E-state index contributed by atoms with van der Waals surface area (Å²) in [6.07, 6.45) is -0.886. The Hall–Kier alpha value is -3.43. The molecule has 0 fully saturated rings. The van der Waals surface area contributed by atoms with Crippen LogP contribution in [0, 0.1) is 12.7 Å². The van der Waals surface area contributed by atoms with Crippen molar-refractivity contribution < 1.29 is 22.4 Å². The van der Waals surface area contributed by atoms with E-state index in [2.05, 4.69) is 10.3 Å². The second-order valence-corrected chi connectivity index (χ2v) is 6.29. The van der Waals surface area contributed by atoms with Gasteiger partial charge in [0.25, 0.3) is 5.56 Å². The molecule has 3 aromatic rings. The summed E-state index contributed by atoms with van der Waals surface area (Å²) in [5, 5.41) is 2.46. The average Bonchev–Trinajstić information content (AvgIpc) is 3.06. The largest absolute Gasteiger partial charge is 0.417 e. The molecule has 0 aliphatic rings. The van der Waals surface area contributed by atoms with E-state index in [1.165, 1.54) is 12.1 Å². The zero-order valence-electron chi connectivity index (χ0n) is 15.2. The second-order valence-electron chi connectivity index (χ2n) is 6.29. The van der Waals surface area contributed by atoms with E-state index in [4.69, 9.17) is 0 Å². The van der Waals surface area contributed by atoms with Gasteiger partial charge in [0.15, 0.2) is 0 Å². The van der Waals surface area contributed by atoms with Crippen molar-refractivity contribution in [2.24, 2.45) is 0 Å². The van der Waals surface area contributed by atoms with Crippen molar-refractivity contribution in [2.45, 2.75) is 26.2 Å². The SMILES string of the molecule is Cc1nccn1-c1ccc(CNC(=O)Cn2cc(C(F)(F)F)ccc2=O)cc1F. The Bertz CT molecular complexity index is 1100. The average molecular weight is 408 g/mol. The van der Waals surface area contributed by atoms with Crippen LogP contribution in [0.15, 0.2) is 53.7 Å². The van der Waals surface area contributed by atoms with E-state index in [1.54, 1.807) is 30.0 Å². The van der Waals surface area contributed by atoms with Gasteiger partial charge in [-0.25, -0.2) is 9.37 Å². The standard InChI is InChI=1S/C19H16F4N4O2/c1-12-24-6-7-27(12)16-4-2-13(8-15(16)20)9-25-17(28)11-26-10-14(19(21,22)23)3-5-18(26)29/h2-8,10H,9,11H2,1H3,(H,25,28). The van der Waals surface area contributed by atoms with Crippen LogP contribution in [0.3, 0.4) is 0 Å². The van der Waals surface area contributed by atoms with E-state index in [0.717, 1.165) is 6.07 Å². The number of carbonyl (C=O) groups is 1. The zero-order chi connectivity index (χ0) is 21.2. The highest BCUT2D eigenvalue weighted by atomic mass is 19.4. The summed E-state index contributed by atoms with van der Waals surface area (Å²) < 4.78 is 54.8. The van der Waals surface area contributed by atoms with Crippen LogP contribution in [0.5, 0.6) is 0 Å². The van der Waals surface area contributed by atoms with Gasteiger partial charge in [0.1, 0.15) is 18.2 Å². The predicted octanol–water partition coefficient (Wildman–Crippen LogP) is 2.82. The first-order chi connectivity index (χ1) is 13.6.